The maximum Gasteiger partial charge on any atom is 0.338 e. The van der Waals surface area contributed by atoms with Crippen molar-refractivity contribution in [3.63, 3.8) is 0 Å². The van der Waals surface area contributed by atoms with Gasteiger partial charge in [-0.3, -0.25) is 9.36 Å². The summed E-state index contributed by atoms with van der Waals surface area (Å²) in [4.78, 5) is 32.5. The lowest BCUT2D eigenvalue weighted by atomic mass is 9.95. The van der Waals surface area contributed by atoms with E-state index in [9.17, 15) is 9.59 Å². The summed E-state index contributed by atoms with van der Waals surface area (Å²) < 4.78 is 15.5. The van der Waals surface area contributed by atoms with Crippen molar-refractivity contribution in [3.8, 4) is 11.4 Å². The monoisotopic (exact) mass is 575 g/mol. The van der Waals surface area contributed by atoms with Crippen LogP contribution in [0.2, 0.25) is 5.02 Å². The molecular formula is C31H30ClN3O4S. The van der Waals surface area contributed by atoms with Crippen LogP contribution in [0.15, 0.2) is 75.7 Å². The highest BCUT2D eigenvalue weighted by molar-refractivity contribution is 7.07. The second-order valence-electron chi connectivity index (χ2n) is 9.41. The maximum absolute atomic E-state index is 14.1. The number of ether oxygens (including phenoxy) is 2. The average Bonchev–Trinajstić information content (AvgIpc) is 3.37. The number of esters is 1. The molecule has 0 spiro atoms. The molecule has 1 atom stereocenters. The van der Waals surface area contributed by atoms with Crippen LogP contribution < -0.4 is 19.6 Å². The van der Waals surface area contributed by atoms with E-state index >= 15 is 0 Å². The maximum atomic E-state index is 14.1. The van der Waals surface area contributed by atoms with Crippen LogP contribution in [0.1, 0.15) is 49.3 Å². The molecule has 206 valence electrons. The first kappa shape index (κ1) is 27.7. The molecule has 4 aromatic rings. The van der Waals surface area contributed by atoms with Crippen LogP contribution in [0.3, 0.4) is 0 Å². The molecule has 0 saturated heterocycles. The number of rotatable bonds is 7. The van der Waals surface area contributed by atoms with Crippen molar-refractivity contribution in [1.29, 1.82) is 0 Å². The lowest BCUT2D eigenvalue weighted by Crippen LogP contribution is -2.40. The summed E-state index contributed by atoms with van der Waals surface area (Å²) in [5.41, 5.74) is 5.17. The molecular weight excluding hydrogens is 546 g/mol. The molecule has 0 N–H and O–H groups in total. The Balaban J connectivity index is 1.72. The Morgan fingerprint density at radius 1 is 1.07 bits per heavy atom. The van der Waals surface area contributed by atoms with Gasteiger partial charge < -0.3 is 14.0 Å². The highest BCUT2D eigenvalue weighted by atomic mass is 35.5. The fraction of sp³-hybridized carbons (Fsp3) is 0.258. The number of benzene rings is 2. The summed E-state index contributed by atoms with van der Waals surface area (Å²) in [6.45, 7) is 10.1. The van der Waals surface area contributed by atoms with Gasteiger partial charge in [-0.1, -0.05) is 47.2 Å². The Kier molecular flexibility index (Phi) is 7.83. The van der Waals surface area contributed by atoms with Gasteiger partial charge in [-0.25, -0.2) is 9.79 Å². The van der Waals surface area contributed by atoms with Gasteiger partial charge in [0.2, 0.25) is 0 Å². The van der Waals surface area contributed by atoms with E-state index in [1.165, 1.54) is 11.3 Å². The van der Waals surface area contributed by atoms with Gasteiger partial charge >= 0.3 is 5.97 Å². The van der Waals surface area contributed by atoms with E-state index < -0.39 is 12.0 Å². The molecule has 40 heavy (non-hydrogen) atoms. The first-order chi connectivity index (χ1) is 19.2. The zero-order valence-electron chi connectivity index (χ0n) is 23.0. The quantitative estimate of drug-likeness (QED) is 0.282. The van der Waals surface area contributed by atoms with Gasteiger partial charge in [0.05, 0.1) is 29.0 Å². The number of thiazole rings is 1. The number of hydrogen-bond acceptors (Lipinski definition) is 6. The van der Waals surface area contributed by atoms with Gasteiger partial charge in [-0.2, -0.15) is 0 Å². The minimum Gasteiger partial charge on any atom is -0.494 e. The largest absolute Gasteiger partial charge is 0.494 e. The molecule has 0 bridgehead atoms. The molecule has 0 aliphatic carbocycles. The number of aryl methyl sites for hydroxylation is 1. The summed E-state index contributed by atoms with van der Waals surface area (Å²) in [7, 11) is 0. The number of carbonyl (C=O) groups excluding carboxylic acids is 1. The predicted octanol–water partition coefficient (Wildman–Crippen LogP) is 5.26. The van der Waals surface area contributed by atoms with Gasteiger partial charge in [0.1, 0.15) is 11.8 Å². The first-order valence-electron chi connectivity index (χ1n) is 13.1. The number of halogens is 1. The Morgan fingerprint density at radius 3 is 2.58 bits per heavy atom. The molecule has 5 rings (SSSR count). The van der Waals surface area contributed by atoms with Crippen molar-refractivity contribution < 1.29 is 14.3 Å². The Bertz CT molecular complexity index is 1830. The Morgan fingerprint density at radius 2 is 1.85 bits per heavy atom. The average molecular weight is 576 g/mol. The topological polar surface area (TPSA) is 74.8 Å². The van der Waals surface area contributed by atoms with Crippen LogP contribution in [0.4, 0.5) is 0 Å². The van der Waals surface area contributed by atoms with Gasteiger partial charge in [0, 0.05) is 27.7 Å². The van der Waals surface area contributed by atoms with Crippen LogP contribution in [-0.4, -0.2) is 28.3 Å². The van der Waals surface area contributed by atoms with Crippen LogP contribution in [0.25, 0.3) is 11.8 Å². The third-order valence-electron chi connectivity index (χ3n) is 6.85. The van der Waals surface area contributed by atoms with E-state index in [0.29, 0.717) is 43.5 Å². The SMILES string of the molecule is CCOC(=O)C1=C(C)N=c2s/c(=C\c3cc(C)n(-c4cccc(Cl)c4)c3C)c(=O)n2[C@H]1c1ccccc1OCC. The molecule has 1 aliphatic rings. The summed E-state index contributed by atoms with van der Waals surface area (Å²) in [5.74, 6) is 0.102. The van der Waals surface area contributed by atoms with Crippen molar-refractivity contribution in [1.82, 2.24) is 9.13 Å². The Hall–Kier alpha value is -3.88. The fourth-order valence-corrected chi connectivity index (χ4v) is 6.39. The van der Waals surface area contributed by atoms with Crippen LogP contribution in [-0.2, 0) is 9.53 Å². The van der Waals surface area contributed by atoms with Crippen molar-refractivity contribution in [2.75, 3.05) is 13.2 Å². The zero-order valence-corrected chi connectivity index (χ0v) is 24.6. The Labute approximate surface area is 241 Å². The first-order valence-corrected chi connectivity index (χ1v) is 14.3. The number of nitrogens with zero attached hydrogens (tertiary/aromatic N) is 3. The van der Waals surface area contributed by atoms with E-state index in [0.717, 1.165) is 22.6 Å². The van der Waals surface area contributed by atoms with Gasteiger partial charge in [-0.15, -0.1) is 0 Å². The normalized spacial score (nSPS) is 15.2. The third-order valence-corrected chi connectivity index (χ3v) is 8.07. The highest BCUT2D eigenvalue weighted by Gasteiger charge is 2.35. The summed E-state index contributed by atoms with van der Waals surface area (Å²) >= 11 is 7.55. The van der Waals surface area contributed by atoms with Crippen molar-refractivity contribution >= 4 is 35.0 Å². The van der Waals surface area contributed by atoms with Gasteiger partial charge in [-0.05, 0) is 76.6 Å². The summed E-state index contributed by atoms with van der Waals surface area (Å²) in [6, 6.07) is 16.4. The van der Waals surface area contributed by atoms with E-state index in [4.69, 9.17) is 21.1 Å². The number of fused-ring (bicyclic) bond motifs is 1. The van der Waals surface area contributed by atoms with E-state index in [-0.39, 0.29) is 12.2 Å². The minimum atomic E-state index is -0.737. The second kappa shape index (κ2) is 11.3. The number of aromatic nitrogens is 2. The molecule has 0 radical (unpaired) electrons. The molecule has 0 fully saturated rings. The molecule has 0 amide bonds. The standard InChI is InChI=1S/C31H30ClN3O4S/c1-6-38-25-14-9-8-13-24(25)28-27(30(37)39-7-2)19(4)33-31-35(28)29(36)26(40-31)16-21-15-18(3)34(20(21)5)23-12-10-11-22(32)17-23/h8-17,28H,6-7H2,1-5H3/b26-16-/t28-/m0/s1. The molecule has 7 nitrogen and oxygen atoms in total. The fourth-order valence-electron chi connectivity index (χ4n) is 5.17. The lowest BCUT2D eigenvalue weighted by Gasteiger charge is -2.26. The third kappa shape index (κ3) is 4.93. The summed E-state index contributed by atoms with van der Waals surface area (Å²) in [5, 5.41) is 0.653. The van der Waals surface area contributed by atoms with Gasteiger partial charge in [0.25, 0.3) is 5.56 Å². The molecule has 3 heterocycles. The smallest absolute Gasteiger partial charge is 0.338 e. The van der Waals surface area contributed by atoms with Crippen LogP contribution in [0, 0.1) is 13.8 Å². The van der Waals surface area contributed by atoms with Crippen LogP contribution in [0.5, 0.6) is 5.75 Å². The molecule has 1 aliphatic heterocycles. The molecule has 9 heteroatoms. The number of hydrogen-bond donors (Lipinski definition) is 0. The number of carbonyl (C=O) groups is 1. The highest BCUT2D eigenvalue weighted by Crippen LogP contribution is 2.36. The minimum absolute atomic E-state index is 0.210. The van der Waals surface area contributed by atoms with Gasteiger partial charge in [0.15, 0.2) is 4.80 Å². The zero-order chi connectivity index (χ0) is 28.6. The molecule has 2 aromatic carbocycles. The number of allylic oxidation sites excluding steroid dienone is 1. The molecule has 2 aromatic heterocycles. The number of para-hydroxylation sites is 1. The van der Waals surface area contributed by atoms with E-state index in [2.05, 4.69) is 9.56 Å². The van der Waals surface area contributed by atoms with Crippen molar-refractivity contribution in [2.24, 2.45) is 4.99 Å². The van der Waals surface area contributed by atoms with Crippen molar-refractivity contribution in [2.45, 2.75) is 40.7 Å². The second-order valence-corrected chi connectivity index (χ2v) is 10.9. The lowest BCUT2D eigenvalue weighted by molar-refractivity contribution is -0.139. The predicted molar refractivity (Wildman–Crippen MR) is 158 cm³/mol. The molecule has 0 unspecified atom stereocenters. The van der Waals surface area contributed by atoms with Crippen LogP contribution >= 0.6 is 22.9 Å². The molecule has 0 saturated carbocycles. The summed E-state index contributed by atoms with van der Waals surface area (Å²) in [6.07, 6.45) is 1.89. The van der Waals surface area contributed by atoms with E-state index in [1.807, 2.05) is 81.4 Å². The van der Waals surface area contributed by atoms with E-state index in [1.54, 1.807) is 18.4 Å². The van der Waals surface area contributed by atoms with Crippen molar-refractivity contribution in [3.05, 3.63) is 113 Å².